The van der Waals surface area contributed by atoms with Crippen LogP contribution in [0.2, 0.25) is 0 Å². The van der Waals surface area contributed by atoms with Gasteiger partial charge in [0.2, 0.25) is 5.91 Å². The lowest BCUT2D eigenvalue weighted by Gasteiger charge is -2.28. The van der Waals surface area contributed by atoms with Crippen LogP contribution in [-0.4, -0.2) is 25.1 Å². The van der Waals surface area contributed by atoms with Crippen LogP contribution in [0.15, 0.2) is 48.5 Å². The smallest absolute Gasteiger partial charge is 0.387 e. The molecule has 0 atom stereocenters. The van der Waals surface area contributed by atoms with Gasteiger partial charge in [-0.3, -0.25) is 4.79 Å². The van der Waals surface area contributed by atoms with Crippen molar-refractivity contribution in [2.24, 2.45) is 0 Å². The second kappa shape index (κ2) is 8.46. The minimum atomic E-state index is -2.95. The van der Waals surface area contributed by atoms with E-state index in [1.807, 2.05) is 49.9 Å². The van der Waals surface area contributed by atoms with Gasteiger partial charge in [0.15, 0.2) is 0 Å². The summed E-state index contributed by atoms with van der Waals surface area (Å²) in [5.74, 6) is -0.364. The van der Waals surface area contributed by atoms with Gasteiger partial charge in [0.25, 0.3) is 0 Å². The molecular weight excluding hydrogens is 326 g/mol. The van der Waals surface area contributed by atoms with Gasteiger partial charge >= 0.3 is 6.61 Å². The number of para-hydroxylation sites is 2. The summed E-state index contributed by atoms with van der Waals surface area (Å²) in [6, 6.07) is 14.1. The molecule has 0 radical (unpaired) electrons. The van der Waals surface area contributed by atoms with Crippen molar-refractivity contribution in [1.82, 2.24) is 0 Å². The van der Waals surface area contributed by atoms with Gasteiger partial charge in [0.1, 0.15) is 5.75 Å². The highest BCUT2D eigenvalue weighted by Gasteiger charge is 2.17. The molecule has 6 heteroatoms. The summed E-state index contributed by atoms with van der Waals surface area (Å²) in [6.07, 6.45) is 0. The van der Waals surface area contributed by atoms with E-state index in [1.165, 1.54) is 12.1 Å². The molecule has 0 spiro atoms. The Morgan fingerprint density at radius 2 is 1.76 bits per heavy atom. The van der Waals surface area contributed by atoms with Gasteiger partial charge in [-0.05, 0) is 45.0 Å². The number of carbonyl (C=O) groups is 1. The molecule has 0 unspecified atom stereocenters. The fraction of sp³-hybridized carbons (Fsp3) is 0.316. The molecule has 0 saturated carbocycles. The average Bonchev–Trinajstić information content (AvgIpc) is 2.55. The molecular formula is C19H22F2N2O2. The summed E-state index contributed by atoms with van der Waals surface area (Å²) in [4.78, 5) is 14.3. The van der Waals surface area contributed by atoms with E-state index in [9.17, 15) is 13.6 Å². The third-order valence-electron chi connectivity index (χ3n) is 3.68. The molecule has 2 aromatic rings. The summed E-state index contributed by atoms with van der Waals surface area (Å²) in [5, 5.41) is 2.64. The number of hydrogen-bond donors (Lipinski definition) is 1. The number of anilines is 2. The van der Waals surface area contributed by atoms with E-state index < -0.39 is 6.61 Å². The first-order valence-corrected chi connectivity index (χ1v) is 8.04. The van der Waals surface area contributed by atoms with E-state index in [2.05, 4.69) is 10.1 Å². The number of alkyl halides is 2. The van der Waals surface area contributed by atoms with E-state index in [0.717, 1.165) is 11.3 Å². The Morgan fingerprint density at radius 1 is 1.12 bits per heavy atom. The van der Waals surface area contributed by atoms with Crippen LogP contribution in [0, 0.1) is 6.92 Å². The summed E-state index contributed by atoms with van der Waals surface area (Å²) in [7, 11) is 0. The van der Waals surface area contributed by atoms with Crippen LogP contribution in [0.4, 0.5) is 20.2 Å². The van der Waals surface area contributed by atoms with Gasteiger partial charge in [0, 0.05) is 11.7 Å². The van der Waals surface area contributed by atoms with Gasteiger partial charge in [-0.1, -0.05) is 29.8 Å². The minimum Gasteiger partial charge on any atom is -0.433 e. The van der Waals surface area contributed by atoms with Gasteiger partial charge in [-0.2, -0.15) is 8.78 Å². The van der Waals surface area contributed by atoms with Crippen molar-refractivity contribution >= 4 is 17.3 Å². The molecule has 2 aromatic carbocycles. The highest BCUT2D eigenvalue weighted by Crippen LogP contribution is 2.26. The number of nitrogens with one attached hydrogen (secondary N) is 1. The molecule has 1 N–H and O–H groups in total. The predicted octanol–water partition coefficient (Wildman–Crippen LogP) is 4.45. The second-order valence-electron chi connectivity index (χ2n) is 5.98. The normalized spacial score (nSPS) is 10.8. The van der Waals surface area contributed by atoms with Crippen molar-refractivity contribution in [1.29, 1.82) is 0 Å². The lowest BCUT2D eigenvalue weighted by molar-refractivity contribution is -0.115. The lowest BCUT2D eigenvalue weighted by atomic mass is 10.2. The molecule has 0 heterocycles. The molecule has 0 fully saturated rings. The largest absolute Gasteiger partial charge is 0.433 e. The zero-order chi connectivity index (χ0) is 18.4. The average molecular weight is 348 g/mol. The van der Waals surface area contributed by atoms with E-state index in [1.54, 1.807) is 12.1 Å². The van der Waals surface area contributed by atoms with E-state index in [-0.39, 0.29) is 29.9 Å². The van der Waals surface area contributed by atoms with Crippen LogP contribution in [-0.2, 0) is 4.79 Å². The fourth-order valence-corrected chi connectivity index (χ4v) is 2.42. The van der Waals surface area contributed by atoms with E-state index in [0.29, 0.717) is 0 Å². The number of aryl methyl sites for hydroxylation is 1. The first-order chi connectivity index (χ1) is 11.9. The third-order valence-corrected chi connectivity index (χ3v) is 3.68. The number of carbonyl (C=O) groups excluding carboxylic acids is 1. The van der Waals surface area contributed by atoms with Crippen molar-refractivity contribution in [2.45, 2.75) is 33.4 Å². The van der Waals surface area contributed by atoms with Crippen LogP contribution in [0.3, 0.4) is 0 Å². The van der Waals surface area contributed by atoms with Gasteiger partial charge < -0.3 is 15.0 Å². The fourth-order valence-electron chi connectivity index (χ4n) is 2.42. The summed E-state index contributed by atoms with van der Waals surface area (Å²) >= 11 is 0. The van der Waals surface area contributed by atoms with E-state index in [4.69, 9.17) is 0 Å². The maximum atomic E-state index is 12.5. The monoisotopic (exact) mass is 348 g/mol. The van der Waals surface area contributed by atoms with Gasteiger partial charge in [-0.25, -0.2) is 0 Å². The second-order valence-corrected chi connectivity index (χ2v) is 5.98. The summed E-state index contributed by atoms with van der Waals surface area (Å²) in [6.45, 7) is 3.12. The third kappa shape index (κ3) is 5.45. The van der Waals surface area contributed by atoms with Crippen LogP contribution in [0.25, 0.3) is 0 Å². The Bertz CT molecular complexity index is 703. The number of benzene rings is 2. The Labute approximate surface area is 146 Å². The quantitative estimate of drug-likeness (QED) is 0.804. The summed E-state index contributed by atoms with van der Waals surface area (Å²) in [5.41, 5.74) is 2.28. The van der Waals surface area contributed by atoms with Crippen molar-refractivity contribution in [3.63, 3.8) is 0 Å². The van der Waals surface area contributed by atoms with Gasteiger partial charge in [0.05, 0.1) is 12.2 Å². The Hall–Kier alpha value is -2.63. The molecule has 0 bridgehead atoms. The SMILES string of the molecule is Cc1ccc(N(CC(=O)Nc2ccccc2OC(F)F)C(C)C)cc1. The molecule has 0 aromatic heterocycles. The highest BCUT2D eigenvalue weighted by molar-refractivity contribution is 5.95. The first-order valence-electron chi connectivity index (χ1n) is 8.04. The Morgan fingerprint density at radius 3 is 2.36 bits per heavy atom. The van der Waals surface area contributed by atoms with Gasteiger partial charge in [-0.15, -0.1) is 0 Å². The molecule has 4 nitrogen and oxygen atoms in total. The topological polar surface area (TPSA) is 41.6 Å². The maximum Gasteiger partial charge on any atom is 0.387 e. The van der Waals surface area contributed by atoms with Crippen LogP contribution in [0.1, 0.15) is 19.4 Å². The number of hydrogen-bond acceptors (Lipinski definition) is 3. The lowest BCUT2D eigenvalue weighted by Crippen LogP contribution is -2.38. The predicted molar refractivity (Wildman–Crippen MR) is 95.4 cm³/mol. The Balaban J connectivity index is 2.11. The Kier molecular flexibility index (Phi) is 6.33. The molecule has 1 amide bonds. The van der Waals surface area contributed by atoms with Crippen molar-refractivity contribution in [3.8, 4) is 5.75 Å². The van der Waals surface area contributed by atoms with Crippen molar-refractivity contribution in [2.75, 3.05) is 16.8 Å². The number of amides is 1. The zero-order valence-electron chi connectivity index (χ0n) is 14.5. The maximum absolute atomic E-state index is 12.5. The summed E-state index contributed by atoms with van der Waals surface area (Å²) < 4.78 is 29.4. The number of rotatable bonds is 7. The molecule has 0 aliphatic heterocycles. The minimum absolute atomic E-state index is 0.0581. The number of ether oxygens (including phenoxy) is 1. The van der Waals surface area contributed by atoms with Crippen LogP contribution >= 0.6 is 0 Å². The molecule has 0 saturated heterocycles. The number of halogens is 2. The molecule has 2 rings (SSSR count). The molecule has 134 valence electrons. The highest BCUT2D eigenvalue weighted by atomic mass is 19.3. The standard InChI is InChI=1S/C19H22F2N2O2/c1-13(2)23(15-10-8-14(3)9-11-15)12-18(24)22-16-6-4-5-7-17(16)25-19(20)21/h4-11,13,19H,12H2,1-3H3,(H,22,24). The first kappa shape index (κ1) is 18.7. The van der Waals surface area contributed by atoms with E-state index >= 15 is 0 Å². The van der Waals surface area contributed by atoms with Crippen LogP contribution < -0.4 is 15.0 Å². The molecule has 0 aliphatic carbocycles. The van der Waals surface area contributed by atoms with Crippen molar-refractivity contribution in [3.05, 3.63) is 54.1 Å². The molecule has 25 heavy (non-hydrogen) atoms. The van der Waals surface area contributed by atoms with Crippen LogP contribution in [0.5, 0.6) is 5.75 Å². The van der Waals surface area contributed by atoms with Crippen molar-refractivity contribution < 1.29 is 18.3 Å². The molecule has 0 aliphatic rings. The number of nitrogens with zero attached hydrogens (tertiary/aromatic N) is 1. The zero-order valence-corrected chi connectivity index (χ0v) is 14.5.